The SMILES string of the molecule is Cc1[c]c(NC(=O)[C@@H](N)CCCNC(=O)OCc2ccccc2)ccc1. The van der Waals surface area contributed by atoms with Gasteiger partial charge in [0.1, 0.15) is 6.61 Å². The molecule has 2 aromatic rings. The van der Waals surface area contributed by atoms with E-state index in [1.165, 1.54) is 0 Å². The molecule has 6 heteroatoms. The van der Waals surface area contributed by atoms with Gasteiger partial charge in [0, 0.05) is 18.3 Å². The van der Waals surface area contributed by atoms with Crippen LogP contribution >= 0.6 is 0 Å². The highest BCUT2D eigenvalue weighted by atomic mass is 16.5. The highest BCUT2D eigenvalue weighted by Gasteiger charge is 2.13. The van der Waals surface area contributed by atoms with Gasteiger partial charge in [0.2, 0.25) is 5.91 Å². The second-order valence-corrected chi connectivity index (χ2v) is 5.97. The predicted octanol–water partition coefficient (Wildman–Crippen LogP) is 2.77. The highest BCUT2D eigenvalue weighted by molar-refractivity contribution is 5.94. The molecule has 2 aromatic carbocycles. The van der Waals surface area contributed by atoms with E-state index in [0.29, 0.717) is 25.1 Å². The van der Waals surface area contributed by atoms with Crippen molar-refractivity contribution >= 4 is 17.7 Å². The molecule has 2 rings (SSSR count). The fraction of sp³-hybridized carbons (Fsp3) is 0.300. The van der Waals surface area contributed by atoms with Gasteiger partial charge in [-0.1, -0.05) is 42.5 Å². The van der Waals surface area contributed by atoms with E-state index >= 15 is 0 Å². The standard InChI is InChI=1S/C20H24N3O3/c1-15-7-5-10-17(13-15)23-19(24)18(21)11-6-12-22-20(25)26-14-16-8-3-2-4-9-16/h2-5,7-10,18H,6,11-12,14,21H2,1H3,(H,22,25)(H,23,24)/t18-/m0/s1. The first-order chi connectivity index (χ1) is 12.5. The third kappa shape index (κ3) is 6.94. The van der Waals surface area contributed by atoms with Crippen molar-refractivity contribution in [1.29, 1.82) is 0 Å². The zero-order chi connectivity index (χ0) is 18.8. The second-order valence-electron chi connectivity index (χ2n) is 5.97. The van der Waals surface area contributed by atoms with Crippen molar-refractivity contribution in [1.82, 2.24) is 5.32 Å². The third-order valence-electron chi connectivity index (χ3n) is 3.71. The third-order valence-corrected chi connectivity index (χ3v) is 3.71. The Balaban J connectivity index is 1.61. The van der Waals surface area contributed by atoms with Crippen LogP contribution in [0.5, 0.6) is 0 Å². The minimum absolute atomic E-state index is 0.224. The van der Waals surface area contributed by atoms with Crippen molar-refractivity contribution in [2.75, 3.05) is 11.9 Å². The first-order valence-electron chi connectivity index (χ1n) is 8.54. The van der Waals surface area contributed by atoms with E-state index in [4.69, 9.17) is 10.5 Å². The van der Waals surface area contributed by atoms with Crippen molar-refractivity contribution < 1.29 is 14.3 Å². The van der Waals surface area contributed by atoms with E-state index in [1.54, 1.807) is 6.07 Å². The number of carbonyl (C=O) groups is 2. The molecule has 1 radical (unpaired) electrons. The van der Waals surface area contributed by atoms with Crippen molar-refractivity contribution in [3.8, 4) is 0 Å². The topological polar surface area (TPSA) is 93.5 Å². The summed E-state index contributed by atoms with van der Waals surface area (Å²) in [4.78, 5) is 23.7. The molecule has 2 amide bonds. The number of amides is 2. The minimum atomic E-state index is -0.647. The Kier molecular flexibility index (Phi) is 7.64. The number of nitrogens with two attached hydrogens (primary N) is 1. The smallest absolute Gasteiger partial charge is 0.407 e. The Hall–Kier alpha value is -2.86. The lowest BCUT2D eigenvalue weighted by atomic mass is 10.1. The van der Waals surface area contributed by atoms with Crippen LogP contribution in [-0.4, -0.2) is 24.6 Å². The molecule has 137 valence electrons. The molecule has 0 aromatic heterocycles. The molecule has 0 unspecified atom stereocenters. The van der Waals surface area contributed by atoms with Gasteiger partial charge < -0.3 is 21.1 Å². The summed E-state index contributed by atoms with van der Waals surface area (Å²) in [7, 11) is 0. The summed E-state index contributed by atoms with van der Waals surface area (Å²) in [5, 5.41) is 5.39. The average Bonchev–Trinajstić information content (AvgIpc) is 2.64. The van der Waals surface area contributed by atoms with Crippen LogP contribution in [0, 0.1) is 13.0 Å². The maximum Gasteiger partial charge on any atom is 0.407 e. The molecular weight excluding hydrogens is 330 g/mol. The molecule has 4 N–H and O–H groups in total. The molecule has 0 aliphatic carbocycles. The molecule has 0 heterocycles. The summed E-state index contributed by atoms with van der Waals surface area (Å²) in [5.41, 5.74) is 8.35. The fourth-order valence-electron chi connectivity index (χ4n) is 2.30. The summed E-state index contributed by atoms with van der Waals surface area (Å²) in [6, 6.07) is 17.4. The van der Waals surface area contributed by atoms with E-state index in [2.05, 4.69) is 16.7 Å². The largest absolute Gasteiger partial charge is 0.445 e. The van der Waals surface area contributed by atoms with E-state index in [9.17, 15) is 9.59 Å². The van der Waals surface area contributed by atoms with E-state index < -0.39 is 12.1 Å². The summed E-state index contributed by atoms with van der Waals surface area (Å²) in [6.07, 6.45) is 0.546. The molecule has 26 heavy (non-hydrogen) atoms. The summed E-state index contributed by atoms with van der Waals surface area (Å²) >= 11 is 0. The van der Waals surface area contributed by atoms with E-state index in [0.717, 1.165) is 11.1 Å². The highest BCUT2D eigenvalue weighted by Crippen LogP contribution is 2.09. The molecule has 0 saturated carbocycles. The van der Waals surface area contributed by atoms with Crippen molar-refractivity contribution in [2.24, 2.45) is 5.73 Å². The number of benzene rings is 2. The molecule has 0 fully saturated rings. The summed E-state index contributed by atoms with van der Waals surface area (Å²) < 4.78 is 5.11. The maximum atomic E-state index is 12.0. The first kappa shape index (κ1) is 19.5. The number of hydrogen-bond donors (Lipinski definition) is 3. The maximum absolute atomic E-state index is 12.0. The van der Waals surface area contributed by atoms with E-state index in [1.807, 2.05) is 49.4 Å². The van der Waals surface area contributed by atoms with Crippen molar-refractivity contribution in [3.05, 3.63) is 65.7 Å². The zero-order valence-corrected chi connectivity index (χ0v) is 14.8. The molecule has 0 aliphatic heterocycles. The monoisotopic (exact) mass is 354 g/mol. The van der Waals surface area contributed by atoms with Gasteiger partial charge in [-0.05, 0) is 37.0 Å². The number of hydrogen-bond acceptors (Lipinski definition) is 4. The number of carbonyl (C=O) groups excluding carboxylic acids is 2. The number of ether oxygens (including phenoxy) is 1. The van der Waals surface area contributed by atoms with Crippen LogP contribution in [0.4, 0.5) is 10.5 Å². The Morgan fingerprint density at radius 2 is 1.92 bits per heavy atom. The van der Waals surface area contributed by atoms with Gasteiger partial charge in [-0.25, -0.2) is 4.79 Å². The van der Waals surface area contributed by atoms with Crippen molar-refractivity contribution in [3.63, 3.8) is 0 Å². The van der Waals surface area contributed by atoms with Gasteiger partial charge in [0.25, 0.3) is 0 Å². The normalized spacial score (nSPS) is 11.5. The molecule has 0 aliphatic rings. The Labute approximate surface area is 153 Å². The van der Waals surface area contributed by atoms with Gasteiger partial charge in [0.05, 0.1) is 6.04 Å². The molecule has 6 nitrogen and oxygen atoms in total. The molecule has 0 saturated heterocycles. The quantitative estimate of drug-likeness (QED) is 0.636. The minimum Gasteiger partial charge on any atom is -0.445 e. The first-order valence-corrected chi connectivity index (χ1v) is 8.54. The average molecular weight is 354 g/mol. The lowest BCUT2D eigenvalue weighted by molar-refractivity contribution is -0.117. The van der Waals surface area contributed by atoms with Gasteiger partial charge in [-0.3, -0.25) is 4.79 Å². The zero-order valence-electron chi connectivity index (χ0n) is 14.8. The van der Waals surface area contributed by atoms with Crippen LogP contribution in [0.3, 0.4) is 0 Å². The number of rotatable bonds is 8. The lowest BCUT2D eigenvalue weighted by Crippen LogP contribution is -2.36. The molecular formula is C20H24N3O3. The van der Waals surface area contributed by atoms with Crippen LogP contribution in [0.2, 0.25) is 0 Å². The van der Waals surface area contributed by atoms with Crippen LogP contribution in [0.15, 0.2) is 48.5 Å². The van der Waals surface area contributed by atoms with Crippen LogP contribution < -0.4 is 16.4 Å². The fourth-order valence-corrected chi connectivity index (χ4v) is 2.30. The van der Waals surface area contributed by atoms with Crippen LogP contribution in [0.1, 0.15) is 24.0 Å². The Morgan fingerprint density at radius 3 is 2.65 bits per heavy atom. The Bertz CT molecular complexity index is 719. The van der Waals surface area contributed by atoms with Gasteiger partial charge in [-0.15, -0.1) is 0 Å². The van der Waals surface area contributed by atoms with Gasteiger partial charge in [-0.2, -0.15) is 0 Å². The number of anilines is 1. The van der Waals surface area contributed by atoms with Crippen LogP contribution in [-0.2, 0) is 16.1 Å². The number of nitrogens with one attached hydrogen (secondary N) is 2. The van der Waals surface area contributed by atoms with E-state index in [-0.39, 0.29) is 12.5 Å². The molecule has 0 bridgehead atoms. The number of aryl methyl sites for hydroxylation is 1. The van der Waals surface area contributed by atoms with Gasteiger partial charge in [0.15, 0.2) is 0 Å². The molecule has 1 atom stereocenters. The van der Waals surface area contributed by atoms with Gasteiger partial charge >= 0.3 is 6.09 Å². The predicted molar refractivity (Wildman–Crippen MR) is 100 cm³/mol. The lowest BCUT2D eigenvalue weighted by Gasteiger charge is -2.13. The second kappa shape index (κ2) is 10.2. The van der Waals surface area contributed by atoms with Crippen LogP contribution in [0.25, 0.3) is 0 Å². The summed E-state index contributed by atoms with van der Waals surface area (Å²) in [6.45, 7) is 2.52. The van der Waals surface area contributed by atoms with Crippen molar-refractivity contribution in [2.45, 2.75) is 32.4 Å². The number of alkyl carbamates (subject to hydrolysis) is 1. The Morgan fingerprint density at radius 1 is 1.15 bits per heavy atom. The molecule has 0 spiro atoms. The summed E-state index contributed by atoms with van der Waals surface area (Å²) in [5.74, 6) is -0.265.